The highest BCUT2D eigenvalue weighted by Crippen LogP contribution is 2.17. The van der Waals surface area contributed by atoms with E-state index < -0.39 is 10.9 Å². The molecule has 0 radical (unpaired) electrons. The zero-order valence-electron chi connectivity index (χ0n) is 12.3. The van der Waals surface area contributed by atoms with E-state index in [2.05, 4.69) is 9.98 Å². The number of pyridine rings is 1. The van der Waals surface area contributed by atoms with Crippen LogP contribution in [0.1, 0.15) is 11.1 Å². The van der Waals surface area contributed by atoms with E-state index in [4.69, 9.17) is 4.74 Å². The molecule has 0 saturated heterocycles. The third kappa shape index (κ3) is 3.58. The fraction of sp³-hybridized carbons (Fsp3) is 0. The molecule has 2 aromatic rings. The van der Waals surface area contributed by atoms with Gasteiger partial charge in [0.2, 0.25) is 5.90 Å². The summed E-state index contributed by atoms with van der Waals surface area (Å²) in [5.74, 6) is -0.379. The SMILES string of the molecule is O=C1OC(C=Cc2ccc([N+](=O)[O-])cc2)=NC1=Cc1cccnc1. The third-order valence-electron chi connectivity index (χ3n) is 3.15. The Hall–Kier alpha value is -3.61. The van der Waals surface area contributed by atoms with E-state index in [0.29, 0.717) is 0 Å². The second-order valence-electron chi connectivity index (χ2n) is 4.84. The van der Waals surface area contributed by atoms with Gasteiger partial charge in [-0.3, -0.25) is 15.1 Å². The number of cyclic esters (lactones) is 1. The largest absolute Gasteiger partial charge is 0.403 e. The molecule has 3 rings (SSSR count). The molecule has 1 aromatic carbocycles. The molecule has 1 aliphatic heterocycles. The lowest BCUT2D eigenvalue weighted by molar-refractivity contribution is -0.384. The molecule has 0 unspecified atom stereocenters. The predicted molar refractivity (Wildman–Crippen MR) is 87.9 cm³/mol. The van der Waals surface area contributed by atoms with Gasteiger partial charge in [0.05, 0.1) is 4.92 Å². The van der Waals surface area contributed by atoms with Crippen molar-refractivity contribution in [3.63, 3.8) is 0 Å². The minimum atomic E-state index is -0.540. The van der Waals surface area contributed by atoms with Crippen molar-refractivity contribution in [1.29, 1.82) is 0 Å². The molecule has 0 aliphatic carbocycles. The van der Waals surface area contributed by atoms with Gasteiger partial charge in [0.1, 0.15) is 0 Å². The number of nitro groups is 1. The zero-order valence-corrected chi connectivity index (χ0v) is 12.3. The van der Waals surface area contributed by atoms with E-state index in [0.717, 1.165) is 11.1 Å². The zero-order chi connectivity index (χ0) is 16.9. The number of nitro benzene ring substituents is 1. The molecule has 1 aliphatic rings. The smallest absolute Gasteiger partial charge is 0.363 e. The summed E-state index contributed by atoms with van der Waals surface area (Å²) in [6.07, 6.45) is 8.02. The number of hydrogen-bond acceptors (Lipinski definition) is 6. The molecule has 0 fully saturated rings. The van der Waals surface area contributed by atoms with Crippen LogP contribution in [0.5, 0.6) is 0 Å². The molecule has 7 heteroatoms. The number of ether oxygens (including phenoxy) is 1. The quantitative estimate of drug-likeness (QED) is 0.373. The Balaban J connectivity index is 1.76. The van der Waals surface area contributed by atoms with Crippen LogP contribution in [0.25, 0.3) is 12.2 Å². The van der Waals surface area contributed by atoms with E-state index in [9.17, 15) is 14.9 Å². The number of rotatable bonds is 4. The van der Waals surface area contributed by atoms with E-state index >= 15 is 0 Å². The number of esters is 1. The first-order chi connectivity index (χ1) is 11.6. The molecule has 118 valence electrons. The summed E-state index contributed by atoms with van der Waals surface area (Å²) in [7, 11) is 0. The maximum absolute atomic E-state index is 11.8. The van der Waals surface area contributed by atoms with Gasteiger partial charge >= 0.3 is 5.97 Å². The topological polar surface area (TPSA) is 94.7 Å². The third-order valence-corrected chi connectivity index (χ3v) is 3.15. The van der Waals surface area contributed by atoms with Crippen LogP contribution in [0.2, 0.25) is 0 Å². The second-order valence-corrected chi connectivity index (χ2v) is 4.84. The van der Waals surface area contributed by atoms with Crippen molar-refractivity contribution in [1.82, 2.24) is 4.98 Å². The molecule has 0 amide bonds. The molecule has 0 N–H and O–H groups in total. The van der Waals surface area contributed by atoms with Crippen LogP contribution in [0, 0.1) is 10.1 Å². The van der Waals surface area contributed by atoms with Gasteiger partial charge < -0.3 is 4.74 Å². The molecule has 24 heavy (non-hydrogen) atoms. The van der Waals surface area contributed by atoms with Crippen molar-refractivity contribution >= 4 is 29.7 Å². The Morgan fingerprint density at radius 2 is 1.88 bits per heavy atom. The molecular weight excluding hydrogens is 310 g/mol. The first-order valence-corrected chi connectivity index (χ1v) is 6.97. The average Bonchev–Trinajstić information content (AvgIpc) is 2.94. The molecular formula is C17H11N3O4. The predicted octanol–water partition coefficient (Wildman–Crippen LogP) is 3.00. The van der Waals surface area contributed by atoms with Gasteiger partial charge in [-0.05, 0) is 41.5 Å². The monoisotopic (exact) mass is 321 g/mol. The minimum Gasteiger partial charge on any atom is -0.403 e. The Bertz CT molecular complexity index is 868. The number of carbonyl (C=O) groups is 1. The van der Waals surface area contributed by atoms with E-state index in [1.165, 1.54) is 18.2 Å². The fourth-order valence-corrected chi connectivity index (χ4v) is 1.99. The lowest BCUT2D eigenvalue weighted by atomic mass is 10.2. The van der Waals surface area contributed by atoms with E-state index in [-0.39, 0.29) is 17.3 Å². The van der Waals surface area contributed by atoms with E-state index in [1.807, 2.05) is 0 Å². The van der Waals surface area contributed by atoms with Gasteiger partial charge in [0.15, 0.2) is 5.70 Å². The number of aliphatic imine (C=N–C) groups is 1. The van der Waals surface area contributed by atoms with Crippen LogP contribution < -0.4 is 0 Å². The molecule has 0 atom stereocenters. The standard InChI is InChI=1S/C17H11N3O4/c21-17-15(10-13-2-1-9-18-11-13)19-16(24-17)8-5-12-3-6-14(7-4-12)20(22)23/h1-11H. The van der Waals surface area contributed by atoms with Gasteiger partial charge in [-0.15, -0.1) is 0 Å². The van der Waals surface area contributed by atoms with E-state index in [1.54, 1.807) is 48.8 Å². The first-order valence-electron chi connectivity index (χ1n) is 6.97. The number of hydrogen-bond donors (Lipinski definition) is 0. The lowest BCUT2D eigenvalue weighted by Crippen LogP contribution is -2.01. The van der Waals surface area contributed by atoms with Crippen molar-refractivity contribution in [2.24, 2.45) is 4.99 Å². The number of nitrogens with zero attached hydrogens (tertiary/aromatic N) is 3. The highest BCUT2D eigenvalue weighted by Gasteiger charge is 2.21. The van der Waals surface area contributed by atoms with Crippen molar-refractivity contribution in [2.75, 3.05) is 0 Å². The summed E-state index contributed by atoms with van der Waals surface area (Å²) < 4.78 is 5.06. The number of benzene rings is 1. The Morgan fingerprint density at radius 1 is 1.08 bits per heavy atom. The highest BCUT2D eigenvalue weighted by atomic mass is 16.6. The van der Waals surface area contributed by atoms with Gasteiger partial charge in [-0.2, -0.15) is 0 Å². The number of carbonyl (C=O) groups excluding carboxylic acids is 1. The number of aromatic nitrogens is 1. The van der Waals surface area contributed by atoms with Crippen LogP contribution in [0.3, 0.4) is 0 Å². The minimum absolute atomic E-state index is 0.0125. The Morgan fingerprint density at radius 3 is 2.54 bits per heavy atom. The Kier molecular flexibility index (Phi) is 4.24. The first kappa shape index (κ1) is 15.3. The van der Waals surface area contributed by atoms with Crippen LogP contribution in [0.4, 0.5) is 5.69 Å². The van der Waals surface area contributed by atoms with Gasteiger partial charge in [-0.25, -0.2) is 9.79 Å². The van der Waals surface area contributed by atoms with Crippen molar-refractivity contribution < 1.29 is 14.5 Å². The van der Waals surface area contributed by atoms with Crippen LogP contribution in [-0.2, 0) is 9.53 Å². The highest BCUT2D eigenvalue weighted by molar-refractivity contribution is 6.11. The lowest BCUT2D eigenvalue weighted by Gasteiger charge is -1.94. The molecule has 0 spiro atoms. The van der Waals surface area contributed by atoms with Crippen molar-refractivity contribution in [3.8, 4) is 0 Å². The fourth-order valence-electron chi connectivity index (χ4n) is 1.99. The van der Waals surface area contributed by atoms with Crippen LogP contribution in [-0.4, -0.2) is 21.8 Å². The molecule has 2 heterocycles. The van der Waals surface area contributed by atoms with Crippen molar-refractivity contribution in [3.05, 3.63) is 81.8 Å². The Labute approximate surface area is 136 Å². The normalized spacial score (nSPS) is 15.6. The number of non-ortho nitro benzene ring substituents is 1. The van der Waals surface area contributed by atoms with Gasteiger partial charge in [0.25, 0.3) is 5.69 Å². The van der Waals surface area contributed by atoms with Crippen LogP contribution in [0.15, 0.2) is 65.6 Å². The summed E-state index contributed by atoms with van der Waals surface area (Å²) in [6.45, 7) is 0. The maximum atomic E-state index is 11.8. The molecule has 1 aromatic heterocycles. The summed E-state index contributed by atoms with van der Waals surface area (Å²) in [6, 6.07) is 9.54. The summed E-state index contributed by atoms with van der Waals surface area (Å²) in [5, 5.41) is 10.6. The molecule has 0 bridgehead atoms. The van der Waals surface area contributed by atoms with Crippen molar-refractivity contribution in [2.45, 2.75) is 0 Å². The summed E-state index contributed by atoms with van der Waals surface area (Å²) in [4.78, 5) is 30.0. The summed E-state index contributed by atoms with van der Waals surface area (Å²) >= 11 is 0. The maximum Gasteiger partial charge on any atom is 0.363 e. The van der Waals surface area contributed by atoms with Gasteiger partial charge in [-0.1, -0.05) is 6.07 Å². The van der Waals surface area contributed by atoms with Gasteiger partial charge in [0, 0.05) is 30.6 Å². The van der Waals surface area contributed by atoms with Crippen LogP contribution >= 0.6 is 0 Å². The second kappa shape index (κ2) is 6.66. The molecule has 0 saturated carbocycles. The summed E-state index contributed by atoms with van der Waals surface area (Å²) in [5.41, 5.74) is 1.67. The average molecular weight is 321 g/mol. The molecule has 7 nitrogen and oxygen atoms in total.